The van der Waals surface area contributed by atoms with Crippen molar-refractivity contribution in [2.75, 3.05) is 13.2 Å². The molecule has 66 valence electrons. The van der Waals surface area contributed by atoms with Crippen LogP contribution in [-0.4, -0.2) is 25.0 Å². The molecule has 0 saturated heterocycles. The highest BCUT2D eigenvalue weighted by atomic mass is 16.5. The maximum atomic E-state index is 11.0. The first-order chi connectivity index (χ1) is 5.22. The van der Waals surface area contributed by atoms with Crippen LogP contribution in [0.4, 0.5) is 0 Å². The van der Waals surface area contributed by atoms with Gasteiger partial charge in [0.25, 0.3) is 0 Å². The van der Waals surface area contributed by atoms with Crippen LogP contribution in [0.2, 0.25) is 0 Å². The highest BCUT2D eigenvalue weighted by Crippen LogP contribution is 1.94. The van der Waals surface area contributed by atoms with Crippen molar-refractivity contribution in [3.05, 3.63) is 0 Å². The molecule has 3 nitrogen and oxygen atoms in total. The Morgan fingerprint density at radius 2 is 2.18 bits per heavy atom. The lowest BCUT2D eigenvalue weighted by atomic mass is 10.1. The van der Waals surface area contributed by atoms with E-state index < -0.39 is 0 Å². The van der Waals surface area contributed by atoms with Gasteiger partial charge < -0.3 is 10.5 Å². The average molecular weight is 159 g/mol. The number of carbonyl (C=O) groups excluding carboxylic acids is 1. The number of hydrogen-bond donors (Lipinski definition) is 1. The van der Waals surface area contributed by atoms with Crippen molar-refractivity contribution in [1.82, 2.24) is 0 Å². The minimum Gasteiger partial charge on any atom is -0.374 e. The lowest BCUT2D eigenvalue weighted by molar-refractivity contribution is -0.124. The maximum Gasteiger partial charge on any atom is 0.175 e. The summed E-state index contributed by atoms with van der Waals surface area (Å²) in [6.45, 7) is 4.61. The second kappa shape index (κ2) is 6.31. The lowest BCUT2D eigenvalue weighted by Crippen LogP contribution is -2.33. The molecule has 0 aromatic rings. The Balaban J connectivity index is 3.47. The van der Waals surface area contributed by atoms with E-state index in [4.69, 9.17) is 10.5 Å². The molecule has 0 radical (unpaired) electrons. The zero-order valence-electron chi connectivity index (χ0n) is 7.30. The van der Waals surface area contributed by atoms with E-state index in [0.29, 0.717) is 6.61 Å². The van der Waals surface area contributed by atoms with Gasteiger partial charge in [-0.1, -0.05) is 13.3 Å². The first-order valence-electron chi connectivity index (χ1n) is 4.08. The topological polar surface area (TPSA) is 52.3 Å². The molecule has 3 heteroatoms. The average Bonchev–Trinajstić information content (AvgIpc) is 2.00. The molecule has 0 spiro atoms. The summed E-state index contributed by atoms with van der Waals surface area (Å²) < 4.78 is 4.93. The molecule has 0 amide bonds. The van der Waals surface area contributed by atoms with Crippen molar-refractivity contribution in [2.45, 2.75) is 32.7 Å². The molecule has 0 aliphatic heterocycles. The molecule has 1 unspecified atom stereocenters. The van der Waals surface area contributed by atoms with Crippen LogP contribution in [0, 0.1) is 0 Å². The molecule has 0 aliphatic carbocycles. The van der Waals surface area contributed by atoms with E-state index in [1.165, 1.54) is 0 Å². The molecule has 0 aromatic carbocycles. The normalized spacial score (nSPS) is 13.0. The van der Waals surface area contributed by atoms with Crippen molar-refractivity contribution >= 4 is 5.78 Å². The van der Waals surface area contributed by atoms with Crippen LogP contribution >= 0.6 is 0 Å². The molecule has 11 heavy (non-hydrogen) atoms. The Labute approximate surface area is 67.9 Å². The van der Waals surface area contributed by atoms with Gasteiger partial charge in [-0.2, -0.15) is 0 Å². The molecule has 0 bridgehead atoms. The highest BCUT2D eigenvalue weighted by Gasteiger charge is 2.11. The third-order valence-electron chi connectivity index (χ3n) is 1.46. The molecule has 0 aliphatic rings. The lowest BCUT2D eigenvalue weighted by Gasteiger charge is -2.07. The van der Waals surface area contributed by atoms with Gasteiger partial charge >= 0.3 is 0 Å². The first-order valence-corrected chi connectivity index (χ1v) is 4.08. The molecule has 0 saturated carbocycles. The summed E-state index contributed by atoms with van der Waals surface area (Å²) in [6, 6.07) is -0.327. The largest absolute Gasteiger partial charge is 0.374 e. The SMILES string of the molecule is CCCC(N)C(=O)COCC. The summed E-state index contributed by atoms with van der Waals surface area (Å²) in [5.41, 5.74) is 5.54. The second-order valence-corrected chi connectivity index (χ2v) is 2.50. The number of ether oxygens (including phenoxy) is 1. The fourth-order valence-corrected chi connectivity index (χ4v) is 0.782. The highest BCUT2D eigenvalue weighted by molar-refractivity contribution is 5.84. The molecule has 0 rings (SSSR count). The summed E-state index contributed by atoms with van der Waals surface area (Å²) in [6.07, 6.45) is 1.70. The zero-order chi connectivity index (χ0) is 8.69. The van der Waals surface area contributed by atoms with Crippen LogP contribution in [0.25, 0.3) is 0 Å². The quantitative estimate of drug-likeness (QED) is 0.621. The Hall–Kier alpha value is -0.410. The first kappa shape index (κ1) is 10.6. The number of ketones is 1. The van der Waals surface area contributed by atoms with Gasteiger partial charge in [-0.15, -0.1) is 0 Å². The number of Topliss-reactive ketones (excluding diaryl/α,β-unsaturated/α-hetero) is 1. The molecule has 0 aromatic heterocycles. The second-order valence-electron chi connectivity index (χ2n) is 2.50. The predicted molar refractivity (Wildman–Crippen MR) is 44.4 cm³/mol. The Morgan fingerprint density at radius 3 is 2.64 bits per heavy atom. The summed E-state index contributed by atoms with van der Waals surface area (Å²) >= 11 is 0. The van der Waals surface area contributed by atoms with E-state index in [9.17, 15) is 4.79 Å². The maximum absolute atomic E-state index is 11.0. The van der Waals surface area contributed by atoms with Crippen molar-refractivity contribution in [2.24, 2.45) is 5.73 Å². The van der Waals surface area contributed by atoms with E-state index in [0.717, 1.165) is 12.8 Å². The van der Waals surface area contributed by atoms with E-state index >= 15 is 0 Å². The standard InChI is InChI=1S/C8H17NO2/c1-3-5-7(9)8(10)6-11-4-2/h7H,3-6,9H2,1-2H3. The third-order valence-corrected chi connectivity index (χ3v) is 1.46. The van der Waals surface area contributed by atoms with Crippen molar-refractivity contribution in [3.8, 4) is 0 Å². The van der Waals surface area contributed by atoms with E-state index in [-0.39, 0.29) is 18.4 Å². The van der Waals surface area contributed by atoms with Gasteiger partial charge in [0.05, 0.1) is 6.04 Å². The van der Waals surface area contributed by atoms with Gasteiger partial charge in [0, 0.05) is 6.61 Å². The minimum absolute atomic E-state index is 0.00806. The summed E-state index contributed by atoms with van der Waals surface area (Å²) in [4.78, 5) is 11.0. The van der Waals surface area contributed by atoms with E-state index in [1.807, 2.05) is 13.8 Å². The van der Waals surface area contributed by atoms with Crippen LogP contribution < -0.4 is 5.73 Å². The monoisotopic (exact) mass is 159 g/mol. The van der Waals surface area contributed by atoms with Crippen LogP contribution in [0.1, 0.15) is 26.7 Å². The summed E-state index contributed by atoms with van der Waals surface area (Å²) in [5, 5.41) is 0. The van der Waals surface area contributed by atoms with E-state index in [2.05, 4.69) is 0 Å². The van der Waals surface area contributed by atoms with Gasteiger partial charge in [-0.3, -0.25) is 4.79 Å². The molecule has 2 N–H and O–H groups in total. The number of rotatable bonds is 6. The smallest absolute Gasteiger partial charge is 0.175 e. The van der Waals surface area contributed by atoms with Crippen LogP contribution in [0.5, 0.6) is 0 Å². The zero-order valence-corrected chi connectivity index (χ0v) is 7.30. The fourth-order valence-electron chi connectivity index (χ4n) is 0.782. The van der Waals surface area contributed by atoms with Gasteiger partial charge in [0.1, 0.15) is 6.61 Å². The number of carbonyl (C=O) groups is 1. The predicted octanol–water partition coefficient (Wildman–Crippen LogP) is 0.719. The molecule has 0 fully saturated rings. The molecule has 1 atom stereocenters. The Kier molecular flexibility index (Phi) is 6.07. The summed E-state index contributed by atoms with van der Waals surface area (Å²) in [7, 11) is 0. The molecular weight excluding hydrogens is 142 g/mol. The van der Waals surface area contributed by atoms with Crippen molar-refractivity contribution in [3.63, 3.8) is 0 Å². The molecule has 0 heterocycles. The minimum atomic E-state index is -0.327. The van der Waals surface area contributed by atoms with Gasteiger partial charge in [0.2, 0.25) is 0 Å². The Bertz CT molecular complexity index is 115. The summed E-state index contributed by atoms with van der Waals surface area (Å²) in [5.74, 6) is 0.00806. The van der Waals surface area contributed by atoms with Crippen LogP contribution in [-0.2, 0) is 9.53 Å². The van der Waals surface area contributed by atoms with Crippen LogP contribution in [0.3, 0.4) is 0 Å². The third kappa shape index (κ3) is 4.93. The Morgan fingerprint density at radius 1 is 1.55 bits per heavy atom. The van der Waals surface area contributed by atoms with Gasteiger partial charge in [-0.05, 0) is 13.3 Å². The fraction of sp³-hybridized carbons (Fsp3) is 0.875. The number of nitrogens with two attached hydrogens (primary N) is 1. The number of hydrogen-bond acceptors (Lipinski definition) is 3. The van der Waals surface area contributed by atoms with E-state index in [1.54, 1.807) is 0 Å². The van der Waals surface area contributed by atoms with Crippen LogP contribution in [0.15, 0.2) is 0 Å². The van der Waals surface area contributed by atoms with Gasteiger partial charge in [0.15, 0.2) is 5.78 Å². The van der Waals surface area contributed by atoms with Crippen molar-refractivity contribution in [1.29, 1.82) is 0 Å². The van der Waals surface area contributed by atoms with Gasteiger partial charge in [-0.25, -0.2) is 0 Å². The molecular formula is C8H17NO2. The van der Waals surface area contributed by atoms with Crippen molar-refractivity contribution < 1.29 is 9.53 Å².